The summed E-state index contributed by atoms with van der Waals surface area (Å²) < 4.78 is 6.73. The molecule has 1 atom stereocenters. The van der Waals surface area contributed by atoms with Crippen molar-refractivity contribution in [1.29, 1.82) is 0 Å². The molecule has 0 unspecified atom stereocenters. The molecular formula is C23H24N4O5. The highest BCUT2D eigenvalue weighted by Crippen LogP contribution is 2.24. The first-order chi connectivity index (χ1) is 15.2. The third-order valence-electron chi connectivity index (χ3n) is 4.88. The van der Waals surface area contributed by atoms with Crippen LogP contribution in [0.2, 0.25) is 0 Å². The first-order valence-corrected chi connectivity index (χ1v) is 9.97. The lowest BCUT2D eigenvalue weighted by Gasteiger charge is -2.18. The summed E-state index contributed by atoms with van der Waals surface area (Å²) in [4.78, 5) is 36.4. The van der Waals surface area contributed by atoms with E-state index in [1.807, 2.05) is 32.0 Å². The highest BCUT2D eigenvalue weighted by Gasteiger charge is 2.27. The Labute approximate surface area is 185 Å². The molecular weight excluding hydrogens is 412 g/mol. The molecule has 166 valence electrons. The van der Waals surface area contributed by atoms with E-state index in [0.29, 0.717) is 11.3 Å². The number of aryl methyl sites for hydroxylation is 3. The van der Waals surface area contributed by atoms with Crippen LogP contribution in [0.1, 0.15) is 34.2 Å². The van der Waals surface area contributed by atoms with Crippen LogP contribution < -0.4 is 5.32 Å². The maximum atomic E-state index is 13.0. The van der Waals surface area contributed by atoms with Crippen molar-refractivity contribution in [1.82, 2.24) is 9.78 Å². The van der Waals surface area contributed by atoms with Crippen LogP contribution in [0.3, 0.4) is 0 Å². The predicted molar refractivity (Wildman–Crippen MR) is 118 cm³/mol. The summed E-state index contributed by atoms with van der Waals surface area (Å²) in [5, 5.41) is 18.1. The third-order valence-corrected chi connectivity index (χ3v) is 4.88. The lowest BCUT2D eigenvalue weighted by molar-refractivity contribution is -0.386. The quantitative estimate of drug-likeness (QED) is 0.341. The number of hydrogen-bond donors (Lipinski definition) is 1. The number of carbonyl (C=O) groups is 2. The van der Waals surface area contributed by atoms with Crippen LogP contribution >= 0.6 is 0 Å². The summed E-state index contributed by atoms with van der Waals surface area (Å²) >= 11 is 0. The second kappa shape index (κ2) is 9.42. The van der Waals surface area contributed by atoms with E-state index < -0.39 is 22.9 Å². The molecule has 1 heterocycles. The first kappa shape index (κ1) is 22.7. The van der Waals surface area contributed by atoms with E-state index in [1.54, 1.807) is 30.3 Å². The zero-order valence-corrected chi connectivity index (χ0v) is 18.3. The van der Waals surface area contributed by atoms with Crippen molar-refractivity contribution in [2.45, 2.75) is 40.3 Å². The average Bonchev–Trinajstić information content (AvgIpc) is 2.98. The average molecular weight is 436 g/mol. The lowest BCUT2D eigenvalue weighted by atomic mass is 10.1. The van der Waals surface area contributed by atoms with Gasteiger partial charge in [-0.15, -0.1) is 0 Å². The molecule has 1 amide bonds. The second-order valence-corrected chi connectivity index (χ2v) is 7.58. The summed E-state index contributed by atoms with van der Waals surface area (Å²) in [6.45, 7) is 6.49. The summed E-state index contributed by atoms with van der Waals surface area (Å²) in [5.41, 5.74) is 3.36. The van der Waals surface area contributed by atoms with Gasteiger partial charge in [0, 0.05) is 11.3 Å². The Morgan fingerprint density at radius 2 is 1.72 bits per heavy atom. The number of nitro groups is 1. The van der Waals surface area contributed by atoms with Gasteiger partial charge in [-0.25, -0.2) is 0 Å². The molecule has 0 aliphatic heterocycles. The van der Waals surface area contributed by atoms with Crippen LogP contribution in [-0.4, -0.2) is 26.6 Å². The number of anilines is 1. The van der Waals surface area contributed by atoms with Crippen molar-refractivity contribution in [3.63, 3.8) is 0 Å². The SMILES string of the molecule is Cc1cc(C)cc(NC(=O)[C@@H](OC(=O)Cn2nc(C)c([N+](=O)[O-])c2C)c2ccccc2)c1. The monoisotopic (exact) mass is 436 g/mol. The number of nitrogens with zero attached hydrogens (tertiary/aromatic N) is 3. The summed E-state index contributed by atoms with van der Waals surface area (Å²) in [6.07, 6.45) is -1.20. The first-order valence-electron chi connectivity index (χ1n) is 9.97. The van der Waals surface area contributed by atoms with E-state index in [1.165, 1.54) is 18.5 Å². The number of benzene rings is 2. The molecule has 2 aromatic carbocycles. The normalized spacial score (nSPS) is 11.6. The van der Waals surface area contributed by atoms with Crippen LogP contribution in [0.4, 0.5) is 11.4 Å². The van der Waals surface area contributed by atoms with Gasteiger partial charge in [0.2, 0.25) is 6.10 Å². The second-order valence-electron chi connectivity index (χ2n) is 7.58. The molecule has 3 rings (SSSR count). The fourth-order valence-corrected chi connectivity index (χ4v) is 3.55. The summed E-state index contributed by atoms with van der Waals surface area (Å²) in [6, 6.07) is 14.3. The molecule has 0 aliphatic carbocycles. The molecule has 0 saturated heterocycles. The number of nitrogens with one attached hydrogen (secondary N) is 1. The topological polar surface area (TPSA) is 116 Å². The van der Waals surface area contributed by atoms with E-state index in [2.05, 4.69) is 10.4 Å². The zero-order valence-electron chi connectivity index (χ0n) is 18.3. The zero-order chi connectivity index (χ0) is 23.4. The Morgan fingerprint density at radius 1 is 1.09 bits per heavy atom. The molecule has 0 aliphatic rings. The van der Waals surface area contributed by atoms with E-state index in [-0.39, 0.29) is 23.6 Å². The van der Waals surface area contributed by atoms with Crippen LogP contribution in [0.5, 0.6) is 0 Å². The minimum absolute atomic E-state index is 0.148. The minimum atomic E-state index is -1.20. The van der Waals surface area contributed by atoms with Gasteiger partial charge in [0.25, 0.3) is 5.91 Å². The third kappa shape index (κ3) is 5.18. The Morgan fingerprint density at radius 3 is 2.28 bits per heavy atom. The van der Waals surface area contributed by atoms with Gasteiger partial charge in [-0.3, -0.25) is 24.4 Å². The molecule has 3 aromatic rings. The Hall–Kier alpha value is -4.01. The molecule has 0 saturated carbocycles. The maximum Gasteiger partial charge on any atom is 0.328 e. The van der Waals surface area contributed by atoms with E-state index in [9.17, 15) is 19.7 Å². The van der Waals surface area contributed by atoms with Gasteiger partial charge in [0.1, 0.15) is 17.9 Å². The standard InChI is InChI=1S/C23H24N4O5/c1-14-10-15(2)12-19(11-14)24-23(29)22(18-8-6-5-7-9-18)32-20(28)13-26-17(4)21(27(30)31)16(3)25-26/h5-12,22H,13H2,1-4H3,(H,24,29)/t22-/m0/s1. The van der Waals surface area contributed by atoms with Crippen molar-refractivity contribution in [2.75, 3.05) is 5.32 Å². The molecule has 0 spiro atoms. The van der Waals surface area contributed by atoms with Crippen molar-refractivity contribution in [3.05, 3.63) is 86.7 Å². The van der Waals surface area contributed by atoms with Crippen LogP contribution in [0.15, 0.2) is 48.5 Å². The molecule has 0 radical (unpaired) electrons. The van der Waals surface area contributed by atoms with Crippen molar-refractivity contribution >= 4 is 23.3 Å². The van der Waals surface area contributed by atoms with Gasteiger partial charge in [0.05, 0.1) is 4.92 Å². The summed E-state index contributed by atoms with van der Waals surface area (Å²) in [7, 11) is 0. The van der Waals surface area contributed by atoms with Gasteiger partial charge < -0.3 is 10.1 Å². The Balaban J connectivity index is 1.82. The van der Waals surface area contributed by atoms with Crippen molar-refractivity contribution < 1.29 is 19.2 Å². The number of rotatable bonds is 7. The number of hydrogen-bond acceptors (Lipinski definition) is 6. The Kier molecular flexibility index (Phi) is 6.67. The molecule has 0 fully saturated rings. The minimum Gasteiger partial charge on any atom is -0.446 e. The van der Waals surface area contributed by atoms with Crippen molar-refractivity contribution in [2.24, 2.45) is 0 Å². The number of amides is 1. The molecule has 9 nitrogen and oxygen atoms in total. The number of carbonyl (C=O) groups excluding carboxylic acids is 2. The number of aromatic nitrogens is 2. The Bertz CT molecular complexity index is 1150. The largest absolute Gasteiger partial charge is 0.446 e. The fourth-order valence-electron chi connectivity index (χ4n) is 3.55. The molecule has 0 bridgehead atoms. The van der Waals surface area contributed by atoms with Crippen LogP contribution in [0, 0.1) is 37.8 Å². The van der Waals surface area contributed by atoms with E-state index >= 15 is 0 Å². The van der Waals surface area contributed by atoms with Crippen LogP contribution in [0.25, 0.3) is 0 Å². The van der Waals surface area contributed by atoms with E-state index in [4.69, 9.17) is 4.74 Å². The number of ether oxygens (including phenoxy) is 1. The van der Waals surface area contributed by atoms with Gasteiger partial charge in [-0.05, 0) is 51.0 Å². The number of esters is 1. The smallest absolute Gasteiger partial charge is 0.328 e. The summed E-state index contributed by atoms with van der Waals surface area (Å²) in [5.74, 6) is -1.25. The molecule has 9 heteroatoms. The van der Waals surface area contributed by atoms with Gasteiger partial charge in [-0.1, -0.05) is 36.4 Å². The van der Waals surface area contributed by atoms with Gasteiger partial charge >= 0.3 is 11.7 Å². The molecule has 1 N–H and O–H groups in total. The van der Waals surface area contributed by atoms with Gasteiger partial charge in [-0.2, -0.15) is 5.10 Å². The van der Waals surface area contributed by atoms with E-state index in [0.717, 1.165) is 11.1 Å². The van der Waals surface area contributed by atoms with Crippen LogP contribution in [-0.2, 0) is 20.9 Å². The molecule has 1 aromatic heterocycles. The maximum absolute atomic E-state index is 13.0. The van der Waals surface area contributed by atoms with Gasteiger partial charge in [0.15, 0.2) is 0 Å². The fraction of sp³-hybridized carbons (Fsp3) is 0.261. The highest BCUT2D eigenvalue weighted by atomic mass is 16.6. The molecule has 32 heavy (non-hydrogen) atoms. The highest BCUT2D eigenvalue weighted by molar-refractivity contribution is 5.96. The van der Waals surface area contributed by atoms with Crippen molar-refractivity contribution in [3.8, 4) is 0 Å². The lowest BCUT2D eigenvalue weighted by Crippen LogP contribution is -2.27. The predicted octanol–water partition coefficient (Wildman–Crippen LogP) is 3.95.